The Labute approximate surface area is 85.6 Å². The molecule has 1 aromatic carbocycles. The maximum Gasteiger partial charge on any atom is 0.136 e. The van der Waals surface area contributed by atoms with Crippen LogP contribution in [0.1, 0.15) is 0 Å². The minimum absolute atomic E-state index is 0.951. The molecule has 0 saturated heterocycles. The van der Waals surface area contributed by atoms with Gasteiger partial charge in [0.2, 0.25) is 0 Å². The van der Waals surface area contributed by atoms with Crippen LogP contribution >= 0.6 is 11.3 Å². The molecule has 2 heterocycles. The van der Waals surface area contributed by atoms with Gasteiger partial charge in [0.05, 0.1) is 0 Å². The largest absolute Gasteiger partial charge is 0.456 e. The number of hydrogen-bond donors (Lipinski definition) is 0. The van der Waals surface area contributed by atoms with E-state index in [9.17, 15) is 0 Å². The van der Waals surface area contributed by atoms with Crippen LogP contribution < -0.4 is 0 Å². The molecule has 1 nitrogen and oxygen atoms in total. The van der Waals surface area contributed by atoms with Gasteiger partial charge in [0.1, 0.15) is 11.3 Å². The Hall–Kier alpha value is -1.54. The number of para-hydroxylation sites is 1. The topological polar surface area (TPSA) is 13.1 Å². The standard InChI is InChI=1S/C12H8OS/c1-2-4-11-9(3-1)7-12(13-11)10-5-6-14-8-10/h1-8H. The lowest BCUT2D eigenvalue weighted by molar-refractivity contribution is 0.632. The van der Waals surface area contributed by atoms with Crippen LogP contribution in [0.4, 0.5) is 0 Å². The zero-order valence-electron chi connectivity index (χ0n) is 7.44. The number of fused-ring (bicyclic) bond motifs is 1. The monoisotopic (exact) mass is 200 g/mol. The molecule has 0 spiro atoms. The molecule has 0 saturated carbocycles. The number of furan rings is 1. The van der Waals surface area contributed by atoms with E-state index >= 15 is 0 Å². The van der Waals surface area contributed by atoms with Gasteiger partial charge in [-0.2, -0.15) is 11.3 Å². The van der Waals surface area contributed by atoms with E-state index in [4.69, 9.17) is 4.42 Å². The van der Waals surface area contributed by atoms with Crippen molar-refractivity contribution in [2.24, 2.45) is 0 Å². The third kappa shape index (κ3) is 1.16. The van der Waals surface area contributed by atoms with Gasteiger partial charge in [-0.15, -0.1) is 0 Å². The molecule has 0 aliphatic rings. The third-order valence-electron chi connectivity index (χ3n) is 2.23. The molecular weight excluding hydrogens is 192 g/mol. The number of rotatable bonds is 1. The van der Waals surface area contributed by atoms with E-state index in [1.54, 1.807) is 11.3 Å². The highest BCUT2D eigenvalue weighted by molar-refractivity contribution is 7.08. The highest BCUT2D eigenvalue weighted by atomic mass is 32.1. The van der Waals surface area contributed by atoms with Crippen LogP contribution in [0.5, 0.6) is 0 Å². The first kappa shape index (κ1) is 7.83. The predicted molar refractivity (Wildman–Crippen MR) is 59.5 cm³/mol. The summed E-state index contributed by atoms with van der Waals surface area (Å²) in [4.78, 5) is 0. The van der Waals surface area contributed by atoms with Gasteiger partial charge in [-0.25, -0.2) is 0 Å². The van der Waals surface area contributed by atoms with Gasteiger partial charge in [-0.1, -0.05) is 18.2 Å². The molecule has 0 N–H and O–H groups in total. The molecule has 0 aliphatic carbocycles. The predicted octanol–water partition coefficient (Wildman–Crippen LogP) is 4.16. The molecule has 14 heavy (non-hydrogen) atoms. The van der Waals surface area contributed by atoms with Crippen LogP contribution in [0.15, 0.2) is 51.6 Å². The molecule has 68 valence electrons. The van der Waals surface area contributed by atoms with Gasteiger partial charge >= 0.3 is 0 Å². The fraction of sp³-hybridized carbons (Fsp3) is 0. The molecule has 0 unspecified atom stereocenters. The van der Waals surface area contributed by atoms with Crippen molar-refractivity contribution in [3.63, 3.8) is 0 Å². The van der Waals surface area contributed by atoms with Gasteiger partial charge in [0, 0.05) is 16.3 Å². The molecule has 0 atom stereocenters. The van der Waals surface area contributed by atoms with E-state index in [0.29, 0.717) is 0 Å². The van der Waals surface area contributed by atoms with Gasteiger partial charge in [-0.3, -0.25) is 0 Å². The maximum atomic E-state index is 5.72. The molecule has 3 rings (SSSR count). The van der Waals surface area contributed by atoms with Crippen molar-refractivity contribution in [3.8, 4) is 11.3 Å². The molecule has 0 bridgehead atoms. The van der Waals surface area contributed by atoms with E-state index < -0.39 is 0 Å². The first-order valence-electron chi connectivity index (χ1n) is 4.45. The van der Waals surface area contributed by atoms with Crippen molar-refractivity contribution < 1.29 is 4.42 Å². The summed E-state index contributed by atoms with van der Waals surface area (Å²) in [7, 11) is 0. The molecular formula is C12H8OS. The molecule has 0 aliphatic heterocycles. The van der Waals surface area contributed by atoms with Crippen LogP contribution in [0.2, 0.25) is 0 Å². The average Bonchev–Trinajstić information content (AvgIpc) is 2.86. The zero-order chi connectivity index (χ0) is 9.38. The van der Waals surface area contributed by atoms with E-state index in [1.807, 2.05) is 18.2 Å². The second-order valence-corrected chi connectivity index (χ2v) is 3.94. The maximum absolute atomic E-state index is 5.72. The third-order valence-corrected chi connectivity index (χ3v) is 2.91. The Morgan fingerprint density at radius 3 is 2.79 bits per heavy atom. The van der Waals surface area contributed by atoms with Gasteiger partial charge in [0.15, 0.2) is 0 Å². The van der Waals surface area contributed by atoms with E-state index in [2.05, 4.69) is 29.0 Å². The van der Waals surface area contributed by atoms with Crippen LogP contribution in [-0.4, -0.2) is 0 Å². The molecule has 3 aromatic rings. The van der Waals surface area contributed by atoms with Crippen molar-refractivity contribution in [2.45, 2.75) is 0 Å². The lowest BCUT2D eigenvalue weighted by Crippen LogP contribution is -1.61. The van der Waals surface area contributed by atoms with E-state index in [-0.39, 0.29) is 0 Å². The van der Waals surface area contributed by atoms with Gasteiger partial charge < -0.3 is 4.42 Å². The van der Waals surface area contributed by atoms with Crippen LogP contribution in [0.3, 0.4) is 0 Å². The Bertz CT molecular complexity index is 515. The van der Waals surface area contributed by atoms with Crippen LogP contribution in [0, 0.1) is 0 Å². The van der Waals surface area contributed by atoms with Crippen LogP contribution in [0.25, 0.3) is 22.3 Å². The van der Waals surface area contributed by atoms with Crippen molar-refractivity contribution in [2.75, 3.05) is 0 Å². The van der Waals surface area contributed by atoms with Crippen molar-refractivity contribution in [3.05, 3.63) is 47.2 Å². The first-order chi connectivity index (χ1) is 6.93. The van der Waals surface area contributed by atoms with Gasteiger partial charge in [-0.05, 0) is 23.6 Å². The number of benzene rings is 1. The summed E-state index contributed by atoms with van der Waals surface area (Å²) in [6, 6.07) is 12.2. The summed E-state index contributed by atoms with van der Waals surface area (Å²) in [6.45, 7) is 0. The number of hydrogen-bond acceptors (Lipinski definition) is 2. The lowest BCUT2D eigenvalue weighted by Gasteiger charge is -1.87. The highest BCUT2D eigenvalue weighted by Gasteiger charge is 2.04. The summed E-state index contributed by atoms with van der Waals surface area (Å²) >= 11 is 1.68. The molecule has 0 fully saturated rings. The first-order valence-corrected chi connectivity index (χ1v) is 5.39. The molecule has 0 amide bonds. The Morgan fingerprint density at radius 1 is 1.07 bits per heavy atom. The fourth-order valence-corrected chi connectivity index (χ4v) is 2.17. The van der Waals surface area contributed by atoms with Crippen molar-refractivity contribution in [1.29, 1.82) is 0 Å². The summed E-state index contributed by atoms with van der Waals surface area (Å²) in [5.41, 5.74) is 2.11. The summed E-state index contributed by atoms with van der Waals surface area (Å²) in [5, 5.41) is 5.31. The second kappa shape index (κ2) is 3.00. The Balaban J connectivity index is 2.24. The highest BCUT2D eigenvalue weighted by Crippen LogP contribution is 2.28. The second-order valence-electron chi connectivity index (χ2n) is 3.16. The minimum atomic E-state index is 0.951. The normalized spacial score (nSPS) is 10.9. The summed E-state index contributed by atoms with van der Waals surface area (Å²) in [5.74, 6) is 0.951. The number of thiophene rings is 1. The van der Waals surface area contributed by atoms with Crippen molar-refractivity contribution >= 4 is 22.3 Å². The smallest absolute Gasteiger partial charge is 0.136 e. The zero-order valence-corrected chi connectivity index (χ0v) is 8.25. The van der Waals surface area contributed by atoms with Gasteiger partial charge in [0.25, 0.3) is 0 Å². The van der Waals surface area contributed by atoms with Crippen molar-refractivity contribution in [1.82, 2.24) is 0 Å². The summed E-state index contributed by atoms with van der Waals surface area (Å²) < 4.78 is 5.72. The fourth-order valence-electron chi connectivity index (χ4n) is 1.53. The quantitative estimate of drug-likeness (QED) is 0.574. The molecule has 0 radical (unpaired) electrons. The Kier molecular flexibility index (Phi) is 1.67. The van der Waals surface area contributed by atoms with E-state index in [0.717, 1.165) is 22.3 Å². The average molecular weight is 200 g/mol. The molecule has 2 heteroatoms. The van der Waals surface area contributed by atoms with Crippen LogP contribution in [-0.2, 0) is 0 Å². The summed E-state index contributed by atoms with van der Waals surface area (Å²) in [6.07, 6.45) is 0. The Morgan fingerprint density at radius 2 is 2.00 bits per heavy atom. The minimum Gasteiger partial charge on any atom is -0.456 e. The van der Waals surface area contributed by atoms with E-state index in [1.165, 1.54) is 0 Å². The molecule has 2 aromatic heterocycles. The SMILES string of the molecule is c1ccc2oc(-c3ccsc3)cc2c1. The lowest BCUT2D eigenvalue weighted by atomic mass is 10.2.